The summed E-state index contributed by atoms with van der Waals surface area (Å²) in [6.45, 7) is 4.68. The van der Waals surface area contributed by atoms with Crippen LogP contribution >= 0.6 is 0 Å². The predicted molar refractivity (Wildman–Crippen MR) is 77.2 cm³/mol. The van der Waals surface area contributed by atoms with Crippen molar-refractivity contribution < 1.29 is 4.74 Å². The van der Waals surface area contributed by atoms with Crippen LogP contribution in [0.5, 0.6) is 5.75 Å². The summed E-state index contributed by atoms with van der Waals surface area (Å²) >= 11 is 0. The number of hydrogen-bond donors (Lipinski definition) is 1. The maximum Gasteiger partial charge on any atom is 0.137 e. The van der Waals surface area contributed by atoms with Crippen LogP contribution in [-0.2, 0) is 6.42 Å². The third-order valence-corrected chi connectivity index (χ3v) is 3.01. The third kappa shape index (κ3) is 3.80. The smallest absolute Gasteiger partial charge is 0.137 e. The van der Waals surface area contributed by atoms with Gasteiger partial charge in [0.2, 0.25) is 0 Å². The number of nitrogens with two attached hydrogens (primary N) is 1. The fourth-order valence-electron chi connectivity index (χ4n) is 2.09. The Hall–Kier alpha value is -1.87. The highest BCUT2D eigenvalue weighted by molar-refractivity contribution is 5.29. The Morgan fingerprint density at radius 2 is 2.11 bits per heavy atom. The molecule has 0 saturated carbocycles. The molecular formula is C16H20N2O. The fraction of sp³-hybridized carbons (Fsp3) is 0.312. The van der Waals surface area contributed by atoms with Crippen molar-refractivity contribution >= 4 is 0 Å². The van der Waals surface area contributed by atoms with Crippen LogP contribution in [0.25, 0.3) is 0 Å². The second-order valence-electron chi connectivity index (χ2n) is 4.69. The molecule has 0 amide bonds. The van der Waals surface area contributed by atoms with Crippen LogP contribution in [0.1, 0.15) is 29.7 Å². The summed E-state index contributed by atoms with van der Waals surface area (Å²) in [5, 5.41) is 0. The standard InChI is InChI=1S/C16H20N2O/c1-3-19-15-9-14(10-18-11-15)16(17)8-13-6-4-5-12(2)7-13/h4-7,9-11,16H,3,8,17H2,1-2H3. The number of ether oxygens (including phenoxy) is 1. The maximum absolute atomic E-state index is 6.25. The topological polar surface area (TPSA) is 48.1 Å². The van der Waals surface area contributed by atoms with Crippen molar-refractivity contribution in [1.82, 2.24) is 4.98 Å². The van der Waals surface area contributed by atoms with E-state index in [2.05, 4.69) is 36.2 Å². The molecule has 3 heteroatoms. The Morgan fingerprint density at radius 1 is 1.26 bits per heavy atom. The normalized spacial score (nSPS) is 12.2. The van der Waals surface area contributed by atoms with E-state index in [0.29, 0.717) is 6.61 Å². The largest absolute Gasteiger partial charge is 0.492 e. The monoisotopic (exact) mass is 256 g/mol. The summed E-state index contributed by atoms with van der Waals surface area (Å²) in [5.41, 5.74) is 9.75. The average Bonchev–Trinajstić information content (AvgIpc) is 2.39. The van der Waals surface area contributed by atoms with Crippen molar-refractivity contribution in [3.05, 3.63) is 59.4 Å². The molecular weight excluding hydrogens is 236 g/mol. The van der Waals surface area contributed by atoms with Crippen LogP contribution < -0.4 is 10.5 Å². The van der Waals surface area contributed by atoms with E-state index in [1.165, 1.54) is 11.1 Å². The molecule has 3 nitrogen and oxygen atoms in total. The lowest BCUT2D eigenvalue weighted by Gasteiger charge is -2.13. The van der Waals surface area contributed by atoms with Gasteiger partial charge in [0.15, 0.2) is 0 Å². The maximum atomic E-state index is 6.25. The van der Waals surface area contributed by atoms with Gasteiger partial charge in [-0.2, -0.15) is 0 Å². The molecule has 0 saturated heterocycles. The molecule has 0 bridgehead atoms. The molecule has 0 spiro atoms. The first-order valence-corrected chi connectivity index (χ1v) is 6.58. The zero-order valence-corrected chi connectivity index (χ0v) is 11.5. The van der Waals surface area contributed by atoms with E-state index >= 15 is 0 Å². The number of aryl methyl sites for hydroxylation is 1. The molecule has 1 heterocycles. The Balaban J connectivity index is 2.11. The van der Waals surface area contributed by atoms with Crippen LogP contribution in [0.2, 0.25) is 0 Å². The van der Waals surface area contributed by atoms with E-state index in [9.17, 15) is 0 Å². The van der Waals surface area contributed by atoms with E-state index < -0.39 is 0 Å². The Labute approximate surface area is 114 Å². The molecule has 0 aliphatic heterocycles. The van der Waals surface area contributed by atoms with Crippen molar-refractivity contribution in [2.24, 2.45) is 5.73 Å². The minimum atomic E-state index is -0.0605. The van der Waals surface area contributed by atoms with E-state index in [0.717, 1.165) is 17.7 Å². The number of aromatic nitrogens is 1. The van der Waals surface area contributed by atoms with Gasteiger partial charge in [-0.25, -0.2) is 0 Å². The molecule has 1 aromatic heterocycles. The highest BCUT2D eigenvalue weighted by Crippen LogP contribution is 2.20. The molecule has 0 radical (unpaired) electrons. The highest BCUT2D eigenvalue weighted by atomic mass is 16.5. The van der Waals surface area contributed by atoms with Gasteiger partial charge in [0.25, 0.3) is 0 Å². The summed E-state index contributed by atoms with van der Waals surface area (Å²) in [6, 6.07) is 10.3. The third-order valence-electron chi connectivity index (χ3n) is 3.01. The van der Waals surface area contributed by atoms with E-state index in [1.807, 2.05) is 19.2 Å². The van der Waals surface area contributed by atoms with Crippen molar-refractivity contribution in [3.8, 4) is 5.75 Å². The molecule has 2 aromatic rings. The molecule has 0 aliphatic rings. The lowest BCUT2D eigenvalue weighted by Crippen LogP contribution is -2.14. The van der Waals surface area contributed by atoms with Gasteiger partial charge in [0.1, 0.15) is 5.75 Å². The van der Waals surface area contributed by atoms with Gasteiger partial charge in [-0.05, 0) is 37.5 Å². The van der Waals surface area contributed by atoms with Crippen LogP contribution in [0.15, 0.2) is 42.7 Å². The molecule has 100 valence electrons. The highest BCUT2D eigenvalue weighted by Gasteiger charge is 2.09. The molecule has 1 unspecified atom stereocenters. The first kappa shape index (κ1) is 13.6. The molecule has 2 N–H and O–H groups in total. The van der Waals surface area contributed by atoms with Gasteiger partial charge in [-0.1, -0.05) is 29.8 Å². The number of rotatable bonds is 5. The van der Waals surface area contributed by atoms with Crippen LogP contribution in [-0.4, -0.2) is 11.6 Å². The lowest BCUT2D eigenvalue weighted by molar-refractivity contribution is 0.338. The molecule has 0 fully saturated rings. The second-order valence-corrected chi connectivity index (χ2v) is 4.69. The van der Waals surface area contributed by atoms with Gasteiger partial charge >= 0.3 is 0 Å². The molecule has 1 atom stereocenters. The van der Waals surface area contributed by atoms with Gasteiger partial charge in [-0.15, -0.1) is 0 Å². The Kier molecular flexibility index (Phi) is 4.53. The number of benzene rings is 1. The SMILES string of the molecule is CCOc1cncc(C(N)Cc2cccc(C)c2)c1. The second kappa shape index (κ2) is 6.34. The summed E-state index contributed by atoms with van der Waals surface area (Å²) < 4.78 is 5.45. The molecule has 2 rings (SSSR count). The minimum Gasteiger partial charge on any atom is -0.492 e. The number of pyridine rings is 1. The average molecular weight is 256 g/mol. The van der Waals surface area contributed by atoms with Gasteiger partial charge in [-0.3, -0.25) is 4.98 Å². The van der Waals surface area contributed by atoms with Crippen molar-refractivity contribution in [3.63, 3.8) is 0 Å². The Bertz CT molecular complexity index is 540. The predicted octanol–water partition coefficient (Wildman–Crippen LogP) is 3.03. The van der Waals surface area contributed by atoms with Crippen molar-refractivity contribution in [1.29, 1.82) is 0 Å². The first-order valence-electron chi connectivity index (χ1n) is 6.58. The van der Waals surface area contributed by atoms with E-state index in [1.54, 1.807) is 6.20 Å². The van der Waals surface area contributed by atoms with Crippen LogP contribution in [0.3, 0.4) is 0 Å². The van der Waals surface area contributed by atoms with Gasteiger partial charge < -0.3 is 10.5 Å². The van der Waals surface area contributed by atoms with Crippen LogP contribution in [0.4, 0.5) is 0 Å². The minimum absolute atomic E-state index is 0.0605. The summed E-state index contributed by atoms with van der Waals surface area (Å²) in [4.78, 5) is 4.18. The number of hydrogen-bond acceptors (Lipinski definition) is 3. The quantitative estimate of drug-likeness (QED) is 0.894. The molecule has 0 aliphatic carbocycles. The Morgan fingerprint density at radius 3 is 2.84 bits per heavy atom. The van der Waals surface area contributed by atoms with E-state index in [-0.39, 0.29) is 6.04 Å². The zero-order valence-electron chi connectivity index (χ0n) is 11.5. The van der Waals surface area contributed by atoms with Gasteiger partial charge in [0, 0.05) is 12.2 Å². The van der Waals surface area contributed by atoms with Gasteiger partial charge in [0.05, 0.1) is 12.8 Å². The van der Waals surface area contributed by atoms with Crippen molar-refractivity contribution in [2.75, 3.05) is 6.61 Å². The van der Waals surface area contributed by atoms with Crippen molar-refractivity contribution in [2.45, 2.75) is 26.3 Å². The molecule has 1 aromatic carbocycles. The molecule has 19 heavy (non-hydrogen) atoms. The first-order chi connectivity index (χ1) is 9.19. The summed E-state index contributed by atoms with van der Waals surface area (Å²) in [5.74, 6) is 0.777. The van der Waals surface area contributed by atoms with Crippen LogP contribution in [0, 0.1) is 6.92 Å². The lowest BCUT2D eigenvalue weighted by atomic mass is 10.00. The summed E-state index contributed by atoms with van der Waals surface area (Å²) in [7, 11) is 0. The zero-order chi connectivity index (χ0) is 13.7. The number of nitrogens with zero attached hydrogens (tertiary/aromatic N) is 1. The summed E-state index contributed by atoms with van der Waals surface area (Å²) in [6.07, 6.45) is 4.33. The van der Waals surface area contributed by atoms with E-state index in [4.69, 9.17) is 10.5 Å². The fourth-order valence-corrected chi connectivity index (χ4v) is 2.09.